The smallest absolute Gasteiger partial charge is 0.269 e. The Bertz CT molecular complexity index is 768. The molecule has 0 unspecified atom stereocenters. The van der Waals surface area contributed by atoms with Crippen LogP contribution in [0.25, 0.3) is 0 Å². The molecule has 2 N–H and O–H groups in total. The molecule has 6 nitrogen and oxygen atoms in total. The highest BCUT2D eigenvalue weighted by Gasteiger charge is 2.06. The maximum absolute atomic E-state index is 13.5. The van der Waals surface area contributed by atoms with Crippen LogP contribution in [0.1, 0.15) is 16.7 Å². The van der Waals surface area contributed by atoms with Gasteiger partial charge in [-0.1, -0.05) is 24.3 Å². The zero-order chi connectivity index (χ0) is 17.5. The molecular formula is C17H20FIN4O2. The SMILES string of the molecule is CN=C(NCc1cccc([N+](=O)[O-])c1)NCc1ccc(C)c(F)c1.I. The van der Waals surface area contributed by atoms with Gasteiger partial charge in [0.25, 0.3) is 5.69 Å². The molecule has 0 fully saturated rings. The lowest BCUT2D eigenvalue weighted by molar-refractivity contribution is -0.384. The number of benzene rings is 2. The second kappa shape index (κ2) is 9.92. The average Bonchev–Trinajstić information content (AvgIpc) is 2.58. The first-order valence-electron chi connectivity index (χ1n) is 7.42. The van der Waals surface area contributed by atoms with Crippen molar-refractivity contribution in [3.63, 3.8) is 0 Å². The van der Waals surface area contributed by atoms with Gasteiger partial charge in [-0.15, -0.1) is 24.0 Å². The minimum atomic E-state index is -0.428. The normalized spacial score (nSPS) is 10.8. The lowest BCUT2D eigenvalue weighted by atomic mass is 10.1. The third-order valence-electron chi connectivity index (χ3n) is 3.50. The van der Waals surface area contributed by atoms with Crippen molar-refractivity contribution in [3.05, 3.63) is 75.1 Å². The van der Waals surface area contributed by atoms with Crippen LogP contribution in [0.5, 0.6) is 0 Å². The van der Waals surface area contributed by atoms with Crippen molar-refractivity contribution in [1.82, 2.24) is 10.6 Å². The van der Waals surface area contributed by atoms with Crippen molar-refractivity contribution < 1.29 is 9.31 Å². The second-order valence-corrected chi connectivity index (χ2v) is 5.29. The lowest BCUT2D eigenvalue weighted by Gasteiger charge is -2.12. The maximum atomic E-state index is 13.5. The van der Waals surface area contributed by atoms with Crippen LogP contribution in [0.4, 0.5) is 10.1 Å². The minimum absolute atomic E-state index is 0. The largest absolute Gasteiger partial charge is 0.352 e. The fourth-order valence-electron chi connectivity index (χ4n) is 2.12. The number of nitrogens with zero attached hydrogens (tertiary/aromatic N) is 2. The van der Waals surface area contributed by atoms with E-state index >= 15 is 0 Å². The van der Waals surface area contributed by atoms with Gasteiger partial charge < -0.3 is 10.6 Å². The predicted molar refractivity (Wildman–Crippen MR) is 107 cm³/mol. The van der Waals surface area contributed by atoms with E-state index in [-0.39, 0.29) is 35.5 Å². The van der Waals surface area contributed by atoms with E-state index in [1.807, 2.05) is 6.07 Å². The number of hydrogen-bond acceptors (Lipinski definition) is 3. The molecule has 0 atom stereocenters. The molecule has 0 aliphatic carbocycles. The first-order chi connectivity index (χ1) is 11.5. The summed E-state index contributed by atoms with van der Waals surface area (Å²) in [6.45, 7) is 2.53. The fourth-order valence-corrected chi connectivity index (χ4v) is 2.12. The van der Waals surface area contributed by atoms with Crippen LogP contribution in [0.15, 0.2) is 47.5 Å². The lowest BCUT2D eigenvalue weighted by Crippen LogP contribution is -2.36. The van der Waals surface area contributed by atoms with Gasteiger partial charge in [0, 0.05) is 32.3 Å². The van der Waals surface area contributed by atoms with E-state index in [2.05, 4.69) is 15.6 Å². The van der Waals surface area contributed by atoms with Crippen LogP contribution in [0.3, 0.4) is 0 Å². The molecule has 0 saturated carbocycles. The Morgan fingerprint density at radius 2 is 1.80 bits per heavy atom. The Hall–Kier alpha value is -2.23. The highest BCUT2D eigenvalue weighted by molar-refractivity contribution is 14.0. The summed E-state index contributed by atoms with van der Waals surface area (Å²) in [6.07, 6.45) is 0. The van der Waals surface area contributed by atoms with Gasteiger partial charge >= 0.3 is 0 Å². The molecule has 25 heavy (non-hydrogen) atoms. The third kappa shape index (κ3) is 6.29. The predicted octanol–water partition coefficient (Wildman–Crippen LogP) is 3.53. The summed E-state index contributed by atoms with van der Waals surface area (Å²) in [5.74, 6) is 0.288. The molecule has 0 saturated heterocycles. The molecule has 0 aromatic heterocycles. The van der Waals surface area contributed by atoms with E-state index in [4.69, 9.17) is 0 Å². The number of aliphatic imine (C=N–C) groups is 1. The van der Waals surface area contributed by atoms with Crippen LogP contribution >= 0.6 is 24.0 Å². The second-order valence-electron chi connectivity index (χ2n) is 5.29. The molecule has 0 heterocycles. The molecular weight excluding hydrogens is 438 g/mol. The summed E-state index contributed by atoms with van der Waals surface area (Å²) in [6, 6.07) is 11.4. The van der Waals surface area contributed by atoms with E-state index in [1.165, 1.54) is 18.2 Å². The standard InChI is InChI=1S/C17H19FN4O2.HI/c1-12-6-7-14(9-16(12)18)11-21-17(19-2)20-10-13-4-3-5-15(8-13)22(23)24;/h3-9H,10-11H2,1-2H3,(H2,19,20,21);1H. The van der Waals surface area contributed by atoms with Crippen molar-refractivity contribution in [1.29, 1.82) is 0 Å². The molecule has 2 aromatic carbocycles. The highest BCUT2D eigenvalue weighted by Crippen LogP contribution is 2.13. The molecule has 2 rings (SSSR count). The van der Waals surface area contributed by atoms with Crippen LogP contribution in [0, 0.1) is 22.9 Å². The quantitative estimate of drug-likeness (QED) is 0.236. The number of aryl methyl sites for hydroxylation is 1. The van der Waals surface area contributed by atoms with E-state index < -0.39 is 4.92 Å². The van der Waals surface area contributed by atoms with Crippen LogP contribution in [-0.2, 0) is 13.1 Å². The van der Waals surface area contributed by atoms with Gasteiger partial charge in [-0.25, -0.2) is 4.39 Å². The topological polar surface area (TPSA) is 79.6 Å². The number of rotatable bonds is 5. The van der Waals surface area contributed by atoms with E-state index in [0.29, 0.717) is 24.6 Å². The van der Waals surface area contributed by atoms with Gasteiger partial charge in [-0.2, -0.15) is 0 Å². The number of nitro groups is 1. The van der Waals surface area contributed by atoms with Gasteiger partial charge in [-0.05, 0) is 29.7 Å². The van der Waals surface area contributed by atoms with E-state index in [0.717, 1.165) is 11.1 Å². The summed E-state index contributed by atoms with van der Waals surface area (Å²) in [5, 5.41) is 16.9. The molecule has 0 aliphatic rings. The molecule has 134 valence electrons. The monoisotopic (exact) mass is 458 g/mol. The molecule has 2 aromatic rings. The van der Waals surface area contributed by atoms with Gasteiger partial charge in [0.05, 0.1) is 4.92 Å². The summed E-state index contributed by atoms with van der Waals surface area (Å²) in [5.41, 5.74) is 2.23. The van der Waals surface area contributed by atoms with Crippen molar-refractivity contribution >= 4 is 35.6 Å². The summed E-state index contributed by atoms with van der Waals surface area (Å²) in [4.78, 5) is 14.4. The maximum Gasteiger partial charge on any atom is 0.269 e. The first-order valence-corrected chi connectivity index (χ1v) is 7.42. The van der Waals surface area contributed by atoms with E-state index in [9.17, 15) is 14.5 Å². The summed E-state index contributed by atoms with van der Waals surface area (Å²) < 4.78 is 13.5. The highest BCUT2D eigenvalue weighted by atomic mass is 127. The Morgan fingerprint density at radius 3 is 2.36 bits per heavy atom. The number of hydrogen-bond donors (Lipinski definition) is 2. The van der Waals surface area contributed by atoms with Crippen molar-refractivity contribution in [2.75, 3.05) is 7.05 Å². The van der Waals surface area contributed by atoms with Gasteiger partial charge in [0.1, 0.15) is 5.82 Å². The average molecular weight is 458 g/mol. The Labute approximate surface area is 162 Å². The first kappa shape index (κ1) is 20.8. The molecule has 0 amide bonds. The van der Waals surface area contributed by atoms with Crippen LogP contribution < -0.4 is 10.6 Å². The minimum Gasteiger partial charge on any atom is -0.352 e. The van der Waals surface area contributed by atoms with Crippen LogP contribution in [-0.4, -0.2) is 17.9 Å². The third-order valence-corrected chi connectivity index (χ3v) is 3.50. The van der Waals surface area contributed by atoms with Crippen molar-refractivity contribution in [3.8, 4) is 0 Å². The zero-order valence-corrected chi connectivity index (χ0v) is 16.3. The Kier molecular flexibility index (Phi) is 8.26. The van der Waals surface area contributed by atoms with Gasteiger partial charge in [-0.3, -0.25) is 15.1 Å². The Morgan fingerprint density at radius 1 is 1.16 bits per heavy atom. The van der Waals surface area contributed by atoms with Gasteiger partial charge in [0.2, 0.25) is 0 Å². The fraction of sp³-hybridized carbons (Fsp3) is 0.235. The Balaban J connectivity index is 0.00000312. The van der Waals surface area contributed by atoms with Crippen LogP contribution in [0.2, 0.25) is 0 Å². The summed E-state index contributed by atoms with van der Waals surface area (Å²) in [7, 11) is 1.62. The molecule has 0 bridgehead atoms. The van der Waals surface area contributed by atoms with Gasteiger partial charge in [0.15, 0.2) is 5.96 Å². The molecule has 0 spiro atoms. The number of guanidine groups is 1. The number of nitrogens with one attached hydrogen (secondary N) is 2. The zero-order valence-electron chi connectivity index (χ0n) is 14.0. The summed E-state index contributed by atoms with van der Waals surface area (Å²) >= 11 is 0. The molecule has 8 heteroatoms. The van der Waals surface area contributed by atoms with Crippen molar-refractivity contribution in [2.45, 2.75) is 20.0 Å². The van der Waals surface area contributed by atoms with Crippen molar-refractivity contribution in [2.24, 2.45) is 4.99 Å². The van der Waals surface area contributed by atoms with E-state index in [1.54, 1.807) is 32.2 Å². The number of nitro benzene ring substituents is 1. The number of halogens is 2. The number of non-ortho nitro benzene ring substituents is 1. The molecule has 0 aliphatic heterocycles. The molecule has 0 radical (unpaired) electrons.